The minimum Gasteiger partial charge on any atom is -0.348 e. The van der Waals surface area contributed by atoms with Crippen LogP contribution in [0.2, 0.25) is 0 Å². The van der Waals surface area contributed by atoms with E-state index in [1.807, 2.05) is 12.3 Å². The number of hydrogen-bond acceptors (Lipinski definition) is 3. The van der Waals surface area contributed by atoms with Gasteiger partial charge in [-0.15, -0.1) is 0 Å². The van der Waals surface area contributed by atoms with Crippen LogP contribution < -0.4 is 0 Å². The zero-order valence-electron chi connectivity index (χ0n) is 15.6. The number of fused-ring (bicyclic) bond motifs is 1. The molecule has 0 spiro atoms. The highest BCUT2D eigenvalue weighted by Gasteiger charge is 2.33. The fraction of sp³-hybridized carbons (Fsp3) is 0.524. The fourth-order valence-electron chi connectivity index (χ4n) is 4.41. The van der Waals surface area contributed by atoms with Crippen molar-refractivity contribution in [3.63, 3.8) is 0 Å². The molecule has 2 aromatic heterocycles. The minimum atomic E-state index is -0.0179. The van der Waals surface area contributed by atoms with Crippen LogP contribution in [0.25, 0.3) is 0 Å². The molecule has 2 aromatic rings. The molecular weight excluding hydrogens is 324 g/mol. The van der Waals surface area contributed by atoms with Gasteiger partial charge in [-0.25, -0.2) is 0 Å². The molecule has 0 bridgehead atoms. The lowest BCUT2D eigenvalue weighted by molar-refractivity contribution is -0.135. The first-order chi connectivity index (χ1) is 12.8. The standard InChI is InChI=1S/C21H28N4O/c1-2-23-11-7-17(8-12-23)15-20(26)25-14-13-24-10-4-6-19(24)21(25)18-5-3-9-22-16-18/h3-6,9-10,16-17,21H,2,7-8,11-15H2,1H3. The van der Waals surface area contributed by atoms with Crippen LogP contribution in [-0.2, 0) is 11.3 Å². The Balaban J connectivity index is 1.52. The first-order valence-corrected chi connectivity index (χ1v) is 9.83. The molecule has 1 fully saturated rings. The van der Waals surface area contributed by atoms with Gasteiger partial charge in [-0.05, 0) is 62.2 Å². The van der Waals surface area contributed by atoms with E-state index in [0.717, 1.165) is 51.1 Å². The molecule has 1 saturated heterocycles. The second kappa shape index (κ2) is 7.62. The van der Waals surface area contributed by atoms with Crippen molar-refractivity contribution in [1.29, 1.82) is 0 Å². The average Bonchev–Trinajstić information content (AvgIpc) is 3.17. The summed E-state index contributed by atoms with van der Waals surface area (Å²) in [7, 11) is 0. The van der Waals surface area contributed by atoms with Gasteiger partial charge in [0.25, 0.3) is 0 Å². The van der Waals surface area contributed by atoms with E-state index in [1.54, 1.807) is 6.20 Å². The third kappa shape index (κ3) is 3.40. The number of carbonyl (C=O) groups is 1. The monoisotopic (exact) mass is 352 g/mol. The van der Waals surface area contributed by atoms with Gasteiger partial charge in [-0.2, -0.15) is 0 Å². The third-order valence-corrected chi connectivity index (χ3v) is 5.98. The number of amides is 1. The van der Waals surface area contributed by atoms with Crippen LogP contribution in [0.3, 0.4) is 0 Å². The Morgan fingerprint density at radius 1 is 1.15 bits per heavy atom. The van der Waals surface area contributed by atoms with Gasteiger partial charge in [0.2, 0.25) is 5.91 Å². The number of rotatable bonds is 4. The molecule has 5 heteroatoms. The Morgan fingerprint density at radius 3 is 2.73 bits per heavy atom. The minimum absolute atomic E-state index is 0.0179. The van der Waals surface area contributed by atoms with Gasteiger partial charge in [0.05, 0.1) is 6.04 Å². The normalized spacial score (nSPS) is 21.6. The number of pyridine rings is 1. The van der Waals surface area contributed by atoms with E-state index in [1.165, 1.54) is 5.69 Å². The topological polar surface area (TPSA) is 41.4 Å². The van der Waals surface area contributed by atoms with Gasteiger partial charge in [-0.3, -0.25) is 9.78 Å². The van der Waals surface area contributed by atoms with Crippen molar-refractivity contribution in [1.82, 2.24) is 19.4 Å². The Kier molecular flexibility index (Phi) is 5.07. The van der Waals surface area contributed by atoms with Crippen molar-refractivity contribution >= 4 is 5.91 Å². The molecule has 26 heavy (non-hydrogen) atoms. The molecule has 0 radical (unpaired) electrons. The number of nitrogens with zero attached hydrogens (tertiary/aromatic N) is 4. The predicted octanol–water partition coefficient (Wildman–Crippen LogP) is 2.94. The van der Waals surface area contributed by atoms with E-state index in [0.29, 0.717) is 18.2 Å². The average molecular weight is 352 g/mol. The van der Waals surface area contributed by atoms with Crippen molar-refractivity contribution in [2.75, 3.05) is 26.2 Å². The Bertz CT molecular complexity index is 733. The first-order valence-electron chi connectivity index (χ1n) is 9.83. The van der Waals surface area contributed by atoms with Gasteiger partial charge in [0, 0.05) is 43.8 Å². The first kappa shape index (κ1) is 17.3. The zero-order chi connectivity index (χ0) is 17.9. The van der Waals surface area contributed by atoms with Crippen molar-refractivity contribution < 1.29 is 4.79 Å². The van der Waals surface area contributed by atoms with Gasteiger partial charge < -0.3 is 14.4 Å². The second-order valence-electron chi connectivity index (χ2n) is 7.48. The van der Waals surface area contributed by atoms with E-state index in [9.17, 15) is 4.79 Å². The molecule has 138 valence electrons. The Morgan fingerprint density at radius 2 is 2.00 bits per heavy atom. The maximum atomic E-state index is 13.2. The van der Waals surface area contributed by atoms with E-state index < -0.39 is 0 Å². The maximum Gasteiger partial charge on any atom is 0.223 e. The van der Waals surface area contributed by atoms with Crippen LogP contribution in [0, 0.1) is 5.92 Å². The number of hydrogen-bond donors (Lipinski definition) is 0. The van der Waals surface area contributed by atoms with Crippen LogP contribution in [0.15, 0.2) is 42.9 Å². The highest BCUT2D eigenvalue weighted by molar-refractivity contribution is 5.77. The molecule has 0 aromatic carbocycles. The number of aromatic nitrogens is 2. The second-order valence-corrected chi connectivity index (χ2v) is 7.48. The summed E-state index contributed by atoms with van der Waals surface area (Å²) >= 11 is 0. The lowest BCUT2D eigenvalue weighted by Gasteiger charge is -2.38. The Hall–Kier alpha value is -2.14. The van der Waals surface area contributed by atoms with Crippen LogP contribution in [0.1, 0.15) is 43.5 Å². The lowest BCUT2D eigenvalue weighted by Crippen LogP contribution is -2.43. The fourth-order valence-corrected chi connectivity index (χ4v) is 4.41. The number of piperidine rings is 1. The molecule has 5 nitrogen and oxygen atoms in total. The summed E-state index contributed by atoms with van der Waals surface area (Å²) in [6, 6.07) is 8.24. The SMILES string of the molecule is CCN1CCC(CC(=O)N2CCn3cccc3C2c2cccnc2)CC1. The van der Waals surface area contributed by atoms with Gasteiger partial charge in [0.15, 0.2) is 0 Å². The number of carbonyl (C=O) groups excluding carboxylic acids is 1. The summed E-state index contributed by atoms with van der Waals surface area (Å²) in [5.74, 6) is 0.815. The molecular formula is C21H28N4O. The van der Waals surface area contributed by atoms with E-state index in [-0.39, 0.29) is 6.04 Å². The Labute approximate surface area is 155 Å². The van der Waals surface area contributed by atoms with Crippen molar-refractivity contribution in [3.05, 3.63) is 54.1 Å². The van der Waals surface area contributed by atoms with Gasteiger partial charge >= 0.3 is 0 Å². The molecule has 1 amide bonds. The molecule has 2 aliphatic rings. The molecule has 4 heterocycles. The van der Waals surface area contributed by atoms with Gasteiger partial charge in [-0.1, -0.05) is 13.0 Å². The highest BCUT2D eigenvalue weighted by Crippen LogP contribution is 2.33. The number of likely N-dealkylation sites (tertiary alicyclic amines) is 1. The van der Waals surface area contributed by atoms with Crippen molar-refractivity contribution in [2.45, 2.75) is 38.8 Å². The summed E-state index contributed by atoms with van der Waals surface area (Å²) in [5, 5.41) is 0. The molecule has 2 aliphatic heterocycles. The van der Waals surface area contributed by atoms with Gasteiger partial charge in [0.1, 0.15) is 0 Å². The predicted molar refractivity (Wildman–Crippen MR) is 102 cm³/mol. The quantitative estimate of drug-likeness (QED) is 0.849. The molecule has 1 unspecified atom stereocenters. The van der Waals surface area contributed by atoms with Crippen LogP contribution in [0.5, 0.6) is 0 Å². The van der Waals surface area contributed by atoms with E-state index >= 15 is 0 Å². The summed E-state index contributed by atoms with van der Waals surface area (Å²) in [4.78, 5) is 22.1. The smallest absolute Gasteiger partial charge is 0.223 e. The molecule has 0 N–H and O–H groups in total. The highest BCUT2D eigenvalue weighted by atomic mass is 16.2. The summed E-state index contributed by atoms with van der Waals surface area (Å²) in [6.07, 6.45) is 8.76. The summed E-state index contributed by atoms with van der Waals surface area (Å²) < 4.78 is 2.27. The molecule has 4 rings (SSSR count). The summed E-state index contributed by atoms with van der Waals surface area (Å²) in [6.45, 7) is 7.24. The lowest BCUT2D eigenvalue weighted by atomic mass is 9.92. The largest absolute Gasteiger partial charge is 0.348 e. The molecule has 1 atom stereocenters. The van der Waals surface area contributed by atoms with Crippen LogP contribution in [-0.4, -0.2) is 51.4 Å². The van der Waals surface area contributed by atoms with Crippen LogP contribution >= 0.6 is 0 Å². The third-order valence-electron chi connectivity index (χ3n) is 5.98. The zero-order valence-corrected chi connectivity index (χ0v) is 15.6. The van der Waals surface area contributed by atoms with E-state index in [4.69, 9.17) is 0 Å². The van der Waals surface area contributed by atoms with Crippen LogP contribution in [0.4, 0.5) is 0 Å². The summed E-state index contributed by atoms with van der Waals surface area (Å²) in [5.41, 5.74) is 2.29. The van der Waals surface area contributed by atoms with Crippen molar-refractivity contribution in [2.24, 2.45) is 5.92 Å². The van der Waals surface area contributed by atoms with Crippen molar-refractivity contribution in [3.8, 4) is 0 Å². The molecule has 0 saturated carbocycles. The molecule has 0 aliphatic carbocycles. The maximum absolute atomic E-state index is 13.2. The van der Waals surface area contributed by atoms with E-state index in [2.05, 4.69) is 50.7 Å².